The second-order valence-corrected chi connectivity index (χ2v) is 5.11. The van der Waals surface area contributed by atoms with Crippen LogP contribution in [0.2, 0.25) is 0 Å². The van der Waals surface area contributed by atoms with Crippen molar-refractivity contribution in [3.05, 3.63) is 59.9 Å². The van der Waals surface area contributed by atoms with Gasteiger partial charge in [-0.3, -0.25) is 4.79 Å². The van der Waals surface area contributed by atoms with Crippen LogP contribution >= 0.6 is 0 Å². The number of nitrogens with zero attached hydrogens (tertiary/aromatic N) is 1. The van der Waals surface area contributed by atoms with Crippen molar-refractivity contribution < 1.29 is 4.79 Å². The van der Waals surface area contributed by atoms with E-state index < -0.39 is 0 Å². The number of rotatable bonds is 7. The van der Waals surface area contributed by atoms with Crippen LogP contribution in [0.3, 0.4) is 0 Å². The zero-order valence-corrected chi connectivity index (χ0v) is 12.0. The molecule has 1 amide bonds. The number of carbonyl (C=O) groups excluding carboxylic acids is 1. The summed E-state index contributed by atoms with van der Waals surface area (Å²) >= 11 is 0. The largest absolute Gasteiger partial charge is 0.356 e. The fourth-order valence-electron chi connectivity index (χ4n) is 2.22. The van der Waals surface area contributed by atoms with Crippen molar-refractivity contribution in [3.8, 4) is 0 Å². The molecule has 0 unspecified atom stereocenters. The minimum atomic E-state index is 0.138. The highest BCUT2D eigenvalue weighted by Gasteiger charge is 2.02. The van der Waals surface area contributed by atoms with E-state index in [0.717, 1.165) is 25.9 Å². The Bertz CT molecular complexity index is 532. The molecule has 1 aromatic heterocycles. The van der Waals surface area contributed by atoms with Gasteiger partial charge >= 0.3 is 0 Å². The van der Waals surface area contributed by atoms with Gasteiger partial charge in [-0.05, 0) is 37.5 Å². The first kappa shape index (κ1) is 14.4. The lowest BCUT2D eigenvalue weighted by Crippen LogP contribution is -2.25. The monoisotopic (exact) mass is 270 g/mol. The molecule has 20 heavy (non-hydrogen) atoms. The number of hydrogen-bond donors (Lipinski definition) is 1. The van der Waals surface area contributed by atoms with E-state index in [4.69, 9.17) is 0 Å². The highest BCUT2D eigenvalue weighted by Crippen LogP contribution is 2.06. The quantitative estimate of drug-likeness (QED) is 0.771. The summed E-state index contributed by atoms with van der Waals surface area (Å²) in [5.41, 5.74) is 2.47. The Balaban J connectivity index is 1.61. The third-order valence-electron chi connectivity index (χ3n) is 3.30. The van der Waals surface area contributed by atoms with Crippen molar-refractivity contribution in [2.75, 3.05) is 6.54 Å². The first-order chi connectivity index (χ1) is 9.74. The summed E-state index contributed by atoms with van der Waals surface area (Å²) in [6.45, 7) is 3.76. The summed E-state index contributed by atoms with van der Waals surface area (Å²) < 4.78 is 2.12. The molecule has 2 aromatic rings. The number of hydrogen-bond acceptors (Lipinski definition) is 1. The normalized spacial score (nSPS) is 10.4. The molecular weight excluding hydrogens is 248 g/mol. The molecule has 0 aliphatic heterocycles. The van der Waals surface area contributed by atoms with Gasteiger partial charge in [0.25, 0.3) is 0 Å². The fourth-order valence-corrected chi connectivity index (χ4v) is 2.22. The van der Waals surface area contributed by atoms with E-state index in [9.17, 15) is 4.79 Å². The lowest BCUT2D eigenvalue weighted by molar-refractivity contribution is -0.121. The van der Waals surface area contributed by atoms with Crippen LogP contribution in [-0.2, 0) is 17.8 Å². The predicted octanol–water partition coefficient (Wildman–Crippen LogP) is 2.94. The van der Waals surface area contributed by atoms with Crippen LogP contribution in [0.15, 0.2) is 48.8 Å². The van der Waals surface area contributed by atoms with Crippen LogP contribution in [0, 0.1) is 6.92 Å². The first-order valence-corrected chi connectivity index (χ1v) is 7.17. The minimum Gasteiger partial charge on any atom is -0.356 e. The average Bonchev–Trinajstić information content (AvgIpc) is 2.95. The van der Waals surface area contributed by atoms with Crippen molar-refractivity contribution in [2.24, 2.45) is 0 Å². The Kier molecular flexibility index (Phi) is 5.42. The molecule has 1 aromatic carbocycles. The summed E-state index contributed by atoms with van der Waals surface area (Å²) in [6.07, 6.45) is 6.42. The topological polar surface area (TPSA) is 34.0 Å². The van der Waals surface area contributed by atoms with Gasteiger partial charge in [0.2, 0.25) is 5.91 Å². The SMILES string of the molecule is Cc1cccc(CCC(=O)NCCCn2cccc2)c1. The van der Waals surface area contributed by atoms with Crippen LogP contribution in [0.25, 0.3) is 0 Å². The Morgan fingerprint density at radius 2 is 2.00 bits per heavy atom. The highest BCUT2D eigenvalue weighted by atomic mass is 16.1. The third kappa shape index (κ3) is 4.92. The molecule has 0 aliphatic rings. The number of benzene rings is 1. The van der Waals surface area contributed by atoms with Crippen LogP contribution in [0.4, 0.5) is 0 Å². The predicted molar refractivity (Wildman–Crippen MR) is 81.6 cm³/mol. The zero-order valence-electron chi connectivity index (χ0n) is 12.0. The third-order valence-corrected chi connectivity index (χ3v) is 3.30. The fraction of sp³-hybridized carbons (Fsp3) is 0.353. The molecule has 0 aliphatic carbocycles. The molecule has 3 heteroatoms. The smallest absolute Gasteiger partial charge is 0.220 e. The Hall–Kier alpha value is -2.03. The molecule has 106 valence electrons. The van der Waals surface area contributed by atoms with Crippen molar-refractivity contribution in [1.29, 1.82) is 0 Å². The summed E-state index contributed by atoms with van der Waals surface area (Å²) in [5.74, 6) is 0.138. The molecule has 1 heterocycles. The van der Waals surface area contributed by atoms with E-state index in [0.29, 0.717) is 6.42 Å². The van der Waals surface area contributed by atoms with Gasteiger partial charge in [-0.25, -0.2) is 0 Å². The molecule has 0 saturated carbocycles. The lowest BCUT2D eigenvalue weighted by Gasteiger charge is -2.06. The van der Waals surface area contributed by atoms with E-state index in [1.54, 1.807) is 0 Å². The van der Waals surface area contributed by atoms with Gasteiger partial charge in [0.15, 0.2) is 0 Å². The molecule has 2 rings (SSSR count). The van der Waals surface area contributed by atoms with E-state index in [1.165, 1.54) is 11.1 Å². The van der Waals surface area contributed by atoms with E-state index >= 15 is 0 Å². The van der Waals surface area contributed by atoms with Gasteiger partial charge in [0, 0.05) is 31.9 Å². The van der Waals surface area contributed by atoms with Gasteiger partial charge in [0.05, 0.1) is 0 Å². The van der Waals surface area contributed by atoms with Gasteiger partial charge in [-0.2, -0.15) is 0 Å². The van der Waals surface area contributed by atoms with Crippen LogP contribution in [0.1, 0.15) is 24.0 Å². The maximum absolute atomic E-state index is 11.7. The second kappa shape index (κ2) is 7.53. The van der Waals surface area contributed by atoms with Crippen molar-refractivity contribution in [1.82, 2.24) is 9.88 Å². The first-order valence-electron chi connectivity index (χ1n) is 7.17. The maximum Gasteiger partial charge on any atom is 0.220 e. The molecule has 0 saturated heterocycles. The van der Waals surface area contributed by atoms with Gasteiger partial charge in [0.1, 0.15) is 0 Å². The summed E-state index contributed by atoms with van der Waals surface area (Å²) in [7, 11) is 0. The van der Waals surface area contributed by atoms with Crippen LogP contribution < -0.4 is 5.32 Å². The lowest BCUT2D eigenvalue weighted by atomic mass is 10.1. The number of aryl methyl sites for hydroxylation is 3. The standard InChI is InChI=1S/C17H22N2O/c1-15-6-4-7-16(14-15)8-9-17(20)18-10-5-13-19-11-2-3-12-19/h2-4,6-7,11-12,14H,5,8-10,13H2,1H3,(H,18,20). The summed E-state index contributed by atoms with van der Waals surface area (Å²) in [5, 5.41) is 2.98. The Morgan fingerprint density at radius 1 is 1.20 bits per heavy atom. The summed E-state index contributed by atoms with van der Waals surface area (Å²) in [4.78, 5) is 11.7. The average molecular weight is 270 g/mol. The molecular formula is C17H22N2O. The van der Waals surface area contributed by atoms with Crippen LogP contribution in [-0.4, -0.2) is 17.0 Å². The summed E-state index contributed by atoms with van der Waals surface area (Å²) in [6, 6.07) is 12.4. The van der Waals surface area contributed by atoms with E-state index in [1.807, 2.05) is 30.6 Å². The van der Waals surface area contributed by atoms with Gasteiger partial charge in [-0.1, -0.05) is 29.8 Å². The molecule has 0 fully saturated rings. The van der Waals surface area contributed by atoms with E-state index in [-0.39, 0.29) is 5.91 Å². The Morgan fingerprint density at radius 3 is 2.75 bits per heavy atom. The number of aromatic nitrogens is 1. The zero-order chi connectivity index (χ0) is 14.2. The number of nitrogens with one attached hydrogen (secondary N) is 1. The molecule has 3 nitrogen and oxygen atoms in total. The Labute approximate surface area is 120 Å². The second-order valence-electron chi connectivity index (χ2n) is 5.11. The van der Waals surface area contributed by atoms with Crippen molar-refractivity contribution in [2.45, 2.75) is 32.7 Å². The van der Waals surface area contributed by atoms with Crippen LogP contribution in [0.5, 0.6) is 0 Å². The molecule has 0 bridgehead atoms. The highest BCUT2D eigenvalue weighted by molar-refractivity contribution is 5.76. The molecule has 0 atom stereocenters. The van der Waals surface area contributed by atoms with Gasteiger partial charge < -0.3 is 9.88 Å². The molecule has 0 radical (unpaired) electrons. The maximum atomic E-state index is 11.7. The van der Waals surface area contributed by atoms with Gasteiger partial charge in [-0.15, -0.1) is 0 Å². The van der Waals surface area contributed by atoms with E-state index in [2.05, 4.69) is 35.0 Å². The molecule has 0 spiro atoms. The molecule has 1 N–H and O–H groups in total. The van der Waals surface area contributed by atoms with Crippen molar-refractivity contribution in [3.63, 3.8) is 0 Å². The number of carbonyl (C=O) groups is 1. The minimum absolute atomic E-state index is 0.138. The van der Waals surface area contributed by atoms with Crippen molar-refractivity contribution >= 4 is 5.91 Å². The number of amides is 1.